The summed E-state index contributed by atoms with van der Waals surface area (Å²) in [5, 5.41) is 0. The van der Waals surface area contributed by atoms with E-state index in [1.165, 1.54) is 0 Å². The van der Waals surface area contributed by atoms with E-state index in [1.54, 1.807) is 0 Å². The number of rotatable bonds is 0. The van der Waals surface area contributed by atoms with Crippen LogP contribution in [-0.2, 0) is 10.4 Å². The lowest BCUT2D eigenvalue weighted by molar-refractivity contribution is 0.381. The summed E-state index contributed by atoms with van der Waals surface area (Å²) in [5.74, 6) is 0. The van der Waals surface area contributed by atoms with Gasteiger partial charge in [-0.15, -0.1) is 0 Å². The van der Waals surface area contributed by atoms with Gasteiger partial charge >= 0.3 is 10.4 Å². The van der Waals surface area contributed by atoms with Gasteiger partial charge in [-0.2, -0.15) is 8.42 Å². The van der Waals surface area contributed by atoms with Gasteiger partial charge < -0.3 is 5.73 Å². The summed E-state index contributed by atoms with van der Waals surface area (Å²) in [6, 6.07) is 0. The molecule has 0 atom stereocenters. The molecular formula is CH5NO4S2. The second kappa shape index (κ2) is 4.91. The van der Waals surface area contributed by atoms with Crippen molar-refractivity contribution in [1.82, 2.24) is 0 Å². The third kappa shape index (κ3) is 2270. The van der Waals surface area contributed by atoms with E-state index >= 15 is 0 Å². The number of hydrogen-bond acceptors (Lipinski definition) is 3. The molecule has 0 aliphatic heterocycles. The van der Waals surface area contributed by atoms with Crippen molar-refractivity contribution in [1.29, 1.82) is 0 Å². The van der Waals surface area contributed by atoms with Crippen LogP contribution in [0.4, 0.5) is 0 Å². The number of thiocarbonyl (C=S) groups is 1. The standard InChI is InChI=1S/CH3NS.H2O4S/c2-1-3;1-5(2,3)4/h1H,(H2,2,3);(H2,1,2,3,4). The monoisotopic (exact) mass is 159 g/mol. The Morgan fingerprint density at radius 3 is 1.50 bits per heavy atom. The fraction of sp³-hybridized carbons (Fsp3) is 0. The van der Waals surface area contributed by atoms with E-state index in [2.05, 4.69) is 18.0 Å². The molecule has 5 nitrogen and oxygen atoms in total. The van der Waals surface area contributed by atoms with Gasteiger partial charge in [0, 0.05) is 0 Å². The van der Waals surface area contributed by atoms with Crippen LogP contribution < -0.4 is 5.73 Å². The second-order valence-corrected chi connectivity index (χ2v) is 1.75. The predicted octanol–water partition coefficient (Wildman–Crippen LogP) is -0.750. The SMILES string of the molecule is NC=S.O=S(=O)(O)O. The zero-order valence-electron chi connectivity index (χ0n) is 3.68. The Kier molecular flexibility index (Phi) is 6.56. The molecule has 8 heavy (non-hydrogen) atoms. The Morgan fingerprint density at radius 1 is 1.50 bits per heavy atom. The van der Waals surface area contributed by atoms with Gasteiger partial charge in [0.15, 0.2) is 0 Å². The summed E-state index contributed by atoms with van der Waals surface area (Å²) in [7, 11) is -4.67. The molecule has 0 aromatic carbocycles. The maximum atomic E-state index is 8.74. The summed E-state index contributed by atoms with van der Waals surface area (Å²) in [4.78, 5) is 0. The summed E-state index contributed by atoms with van der Waals surface area (Å²) >= 11 is 4.05. The average Bonchev–Trinajstić information content (AvgIpc) is 1.27. The summed E-state index contributed by atoms with van der Waals surface area (Å²) in [5.41, 5.74) is 5.62. The van der Waals surface area contributed by atoms with E-state index in [-0.39, 0.29) is 0 Å². The van der Waals surface area contributed by atoms with Crippen molar-refractivity contribution in [3.8, 4) is 0 Å². The van der Waals surface area contributed by atoms with Crippen molar-refractivity contribution in [3.63, 3.8) is 0 Å². The van der Waals surface area contributed by atoms with E-state index < -0.39 is 10.4 Å². The van der Waals surface area contributed by atoms with Crippen LogP contribution in [0.2, 0.25) is 0 Å². The molecule has 0 spiro atoms. The van der Waals surface area contributed by atoms with E-state index in [9.17, 15) is 0 Å². The highest BCUT2D eigenvalue weighted by molar-refractivity contribution is 7.79. The molecule has 0 fully saturated rings. The smallest absolute Gasteiger partial charge is 0.394 e. The first-order chi connectivity index (χ1) is 3.41. The van der Waals surface area contributed by atoms with Crippen LogP contribution in [0, 0.1) is 0 Å². The first kappa shape index (κ1) is 10.7. The lowest BCUT2D eigenvalue weighted by atomic mass is 11.6. The molecule has 0 aliphatic rings. The number of nitrogens with two attached hydrogens (primary N) is 1. The van der Waals surface area contributed by atoms with Gasteiger partial charge in [-0.1, -0.05) is 12.2 Å². The molecule has 0 unspecified atom stereocenters. The molecule has 0 aliphatic carbocycles. The first-order valence-electron chi connectivity index (χ1n) is 1.27. The van der Waals surface area contributed by atoms with Crippen molar-refractivity contribution >= 4 is 28.1 Å². The molecule has 0 radical (unpaired) electrons. The topological polar surface area (TPSA) is 101 Å². The Labute approximate surface area is 52.1 Å². The fourth-order valence-electron chi connectivity index (χ4n) is 0. The van der Waals surface area contributed by atoms with Crippen LogP contribution in [-0.4, -0.2) is 23.0 Å². The van der Waals surface area contributed by atoms with Gasteiger partial charge in [0.05, 0.1) is 5.49 Å². The Hall–Kier alpha value is -0.240. The highest BCUT2D eigenvalue weighted by Crippen LogP contribution is 1.59. The minimum atomic E-state index is -4.67. The maximum absolute atomic E-state index is 8.74. The van der Waals surface area contributed by atoms with Crippen LogP contribution in [0.3, 0.4) is 0 Å². The van der Waals surface area contributed by atoms with Gasteiger partial charge in [-0.25, -0.2) is 0 Å². The highest BCUT2D eigenvalue weighted by atomic mass is 32.3. The van der Waals surface area contributed by atoms with Crippen LogP contribution >= 0.6 is 12.2 Å². The van der Waals surface area contributed by atoms with Crippen molar-refractivity contribution < 1.29 is 17.5 Å². The van der Waals surface area contributed by atoms with Crippen molar-refractivity contribution in [2.24, 2.45) is 5.73 Å². The molecule has 0 rings (SSSR count). The van der Waals surface area contributed by atoms with Gasteiger partial charge in [-0.3, -0.25) is 9.11 Å². The molecule has 7 heteroatoms. The van der Waals surface area contributed by atoms with E-state index in [4.69, 9.17) is 17.5 Å². The molecule has 0 bridgehead atoms. The second-order valence-electron chi connectivity index (χ2n) is 0.584. The maximum Gasteiger partial charge on any atom is 0.394 e. The molecule has 0 saturated heterocycles. The van der Waals surface area contributed by atoms with E-state index in [0.717, 1.165) is 5.49 Å². The quantitative estimate of drug-likeness (QED) is 0.317. The van der Waals surface area contributed by atoms with Gasteiger partial charge in [0.2, 0.25) is 0 Å². The lowest BCUT2D eigenvalue weighted by Crippen LogP contribution is -1.89. The van der Waals surface area contributed by atoms with Gasteiger partial charge in [0.1, 0.15) is 0 Å². The lowest BCUT2D eigenvalue weighted by Gasteiger charge is -1.68. The van der Waals surface area contributed by atoms with E-state index in [0.29, 0.717) is 0 Å². The average molecular weight is 159 g/mol. The van der Waals surface area contributed by atoms with Crippen LogP contribution in [0.1, 0.15) is 0 Å². The number of hydrogen-bond donors (Lipinski definition) is 3. The Bertz CT molecular complexity index is 128. The Balaban J connectivity index is 0. The summed E-state index contributed by atoms with van der Waals surface area (Å²) in [6.45, 7) is 0. The molecule has 0 aromatic heterocycles. The molecule has 0 saturated carbocycles. The van der Waals surface area contributed by atoms with Crippen molar-refractivity contribution in [2.75, 3.05) is 0 Å². The summed E-state index contributed by atoms with van der Waals surface area (Å²) < 4.78 is 31.6. The molecule has 0 aromatic rings. The highest BCUT2D eigenvalue weighted by Gasteiger charge is 1.84. The van der Waals surface area contributed by atoms with Crippen molar-refractivity contribution in [2.45, 2.75) is 0 Å². The molecule has 4 N–H and O–H groups in total. The van der Waals surface area contributed by atoms with Gasteiger partial charge in [-0.05, 0) is 0 Å². The van der Waals surface area contributed by atoms with Crippen LogP contribution in [0.25, 0.3) is 0 Å². The van der Waals surface area contributed by atoms with E-state index in [1.807, 2.05) is 0 Å². The molecule has 50 valence electrons. The predicted molar refractivity (Wildman–Crippen MR) is 32.0 cm³/mol. The minimum Gasteiger partial charge on any atom is -0.396 e. The normalized spacial score (nSPS) is 8.75. The zero-order chi connectivity index (χ0) is 7.21. The summed E-state index contributed by atoms with van der Waals surface area (Å²) in [6.07, 6.45) is 0. The van der Waals surface area contributed by atoms with Crippen molar-refractivity contribution in [3.05, 3.63) is 0 Å². The Morgan fingerprint density at radius 2 is 1.50 bits per heavy atom. The van der Waals surface area contributed by atoms with Gasteiger partial charge in [0.25, 0.3) is 0 Å². The third-order valence-corrected chi connectivity index (χ3v) is 0. The largest absolute Gasteiger partial charge is 0.396 e. The van der Waals surface area contributed by atoms with Crippen LogP contribution in [0.5, 0.6) is 0 Å². The molecule has 0 amide bonds. The minimum absolute atomic E-state index is 1.08. The van der Waals surface area contributed by atoms with Crippen LogP contribution in [0.15, 0.2) is 0 Å². The fourth-order valence-corrected chi connectivity index (χ4v) is 0. The molecule has 0 heterocycles. The molecular weight excluding hydrogens is 154 g/mol. The third-order valence-electron chi connectivity index (χ3n) is 0. The zero-order valence-corrected chi connectivity index (χ0v) is 5.32. The first-order valence-corrected chi connectivity index (χ1v) is 3.14.